The largest absolute Gasteiger partial charge is 0.479 e. The molecule has 2 aromatic rings. The van der Waals surface area contributed by atoms with Crippen LogP contribution in [0.5, 0.6) is 0 Å². The number of carboxylic acids is 2. The van der Waals surface area contributed by atoms with E-state index in [1.165, 1.54) is 48.5 Å². The van der Waals surface area contributed by atoms with Gasteiger partial charge >= 0.3 is 23.5 Å². The molecule has 0 fully saturated rings. The van der Waals surface area contributed by atoms with Crippen LogP contribution in [0.3, 0.4) is 0 Å². The first-order valence-corrected chi connectivity index (χ1v) is 7.72. The summed E-state index contributed by atoms with van der Waals surface area (Å²) in [6, 6.07) is 13.9. The maximum atomic E-state index is 12.9. The van der Waals surface area contributed by atoms with E-state index in [1.807, 2.05) is 0 Å². The van der Waals surface area contributed by atoms with Gasteiger partial charge in [-0.1, -0.05) is 48.5 Å². The van der Waals surface area contributed by atoms with Gasteiger partial charge in [-0.15, -0.1) is 0 Å². The molecule has 27 heavy (non-hydrogen) atoms. The molecule has 0 aliphatic rings. The molecule has 0 saturated heterocycles. The molecule has 3 N–H and O–H groups in total. The minimum atomic E-state index is -3.41. The normalized spacial score (nSPS) is 15.0. The number of ether oxygens (including phenoxy) is 1. The van der Waals surface area contributed by atoms with E-state index in [0.29, 0.717) is 6.92 Å². The summed E-state index contributed by atoms with van der Waals surface area (Å²) in [6.45, 7) is 0.586. The first-order valence-electron chi connectivity index (χ1n) is 7.72. The molecule has 8 heteroatoms. The van der Waals surface area contributed by atoms with Crippen LogP contribution in [0.2, 0.25) is 0 Å². The molecular formula is C19H16O8. The van der Waals surface area contributed by atoms with Crippen molar-refractivity contribution in [2.24, 2.45) is 0 Å². The lowest BCUT2D eigenvalue weighted by atomic mass is 9.78. The number of carbonyl (C=O) groups excluding carboxylic acids is 2. The highest BCUT2D eigenvalue weighted by molar-refractivity contribution is 6.20. The van der Waals surface area contributed by atoms with Crippen LogP contribution in [0, 0.1) is 0 Å². The average molecular weight is 372 g/mol. The molecule has 0 aromatic heterocycles. The van der Waals surface area contributed by atoms with E-state index >= 15 is 0 Å². The lowest BCUT2D eigenvalue weighted by Crippen LogP contribution is -2.68. The van der Waals surface area contributed by atoms with Crippen LogP contribution in [0.15, 0.2) is 60.7 Å². The number of hydrogen-bond donors (Lipinski definition) is 3. The quantitative estimate of drug-likeness (QED) is 0.376. The van der Waals surface area contributed by atoms with Gasteiger partial charge in [-0.25, -0.2) is 14.4 Å². The second-order valence-corrected chi connectivity index (χ2v) is 5.81. The third-order valence-electron chi connectivity index (χ3n) is 4.01. The van der Waals surface area contributed by atoms with Gasteiger partial charge in [0, 0.05) is 5.56 Å². The molecule has 0 aliphatic heterocycles. The van der Waals surface area contributed by atoms with Crippen LogP contribution >= 0.6 is 0 Å². The zero-order valence-corrected chi connectivity index (χ0v) is 14.2. The molecule has 0 saturated carbocycles. The fraction of sp³-hybridized carbons (Fsp3) is 0.158. The summed E-state index contributed by atoms with van der Waals surface area (Å²) in [5.74, 6) is -6.82. The summed E-state index contributed by atoms with van der Waals surface area (Å²) in [4.78, 5) is 49.0. The number of benzene rings is 2. The number of Topliss-reactive ketones (excluding diaryl/α,β-unsaturated/α-hetero) is 1. The van der Waals surface area contributed by atoms with Crippen molar-refractivity contribution in [2.75, 3.05) is 0 Å². The molecule has 0 aliphatic carbocycles. The number of carboxylic acid groups (broad SMARTS) is 2. The summed E-state index contributed by atoms with van der Waals surface area (Å²) >= 11 is 0. The summed E-state index contributed by atoms with van der Waals surface area (Å²) in [5.41, 5.74) is -7.03. The highest BCUT2D eigenvalue weighted by atomic mass is 16.6. The summed E-state index contributed by atoms with van der Waals surface area (Å²) in [5, 5.41) is 29.5. The summed E-state index contributed by atoms with van der Waals surface area (Å²) in [6.07, 6.45) is 0. The van der Waals surface area contributed by atoms with E-state index in [1.54, 1.807) is 12.1 Å². The number of ketones is 1. The Bertz CT molecular complexity index is 873. The van der Waals surface area contributed by atoms with Crippen LogP contribution in [-0.4, -0.2) is 50.2 Å². The van der Waals surface area contributed by atoms with Gasteiger partial charge in [0.1, 0.15) is 0 Å². The van der Waals surface area contributed by atoms with Gasteiger partial charge in [0.05, 0.1) is 5.56 Å². The first kappa shape index (κ1) is 19.8. The van der Waals surface area contributed by atoms with E-state index in [9.17, 15) is 34.5 Å². The molecule has 2 unspecified atom stereocenters. The number of esters is 1. The van der Waals surface area contributed by atoms with Gasteiger partial charge in [-0.3, -0.25) is 4.79 Å². The molecule has 8 nitrogen and oxygen atoms in total. The van der Waals surface area contributed by atoms with Gasteiger partial charge in [0.15, 0.2) is 0 Å². The van der Waals surface area contributed by atoms with Crippen molar-refractivity contribution < 1.29 is 39.2 Å². The Labute approximate surface area is 153 Å². The fourth-order valence-corrected chi connectivity index (χ4v) is 2.43. The fourth-order valence-electron chi connectivity index (χ4n) is 2.43. The second kappa shape index (κ2) is 7.38. The minimum absolute atomic E-state index is 0.120. The van der Waals surface area contributed by atoms with Gasteiger partial charge in [-0.05, 0) is 19.1 Å². The monoisotopic (exact) mass is 372 g/mol. The molecule has 2 aromatic carbocycles. The van der Waals surface area contributed by atoms with Crippen molar-refractivity contribution in [2.45, 2.75) is 18.1 Å². The zero-order valence-electron chi connectivity index (χ0n) is 14.2. The number of carbonyl (C=O) groups is 4. The topological polar surface area (TPSA) is 138 Å². The van der Waals surface area contributed by atoms with E-state index in [-0.39, 0.29) is 11.1 Å². The average Bonchev–Trinajstić information content (AvgIpc) is 2.66. The molecular weight excluding hydrogens is 356 g/mol. The zero-order chi connectivity index (χ0) is 20.2. The van der Waals surface area contributed by atoms with E-state index in [0.717, 1.165) is 0 Å². The SMILES string of the molecule is CC(O)(C(=O)O)C(OC(=O)c1ccccc1)(C(=O)O)C(=O)c1ccccc1. The van der Waals surface area contributed by atoms with Crippen molar-refractivity contribution in [3.63, 3.8) is 0 Å². The third-order valence-corrected chi connectivity index (χ3v) is 4.01. The third kappa shape index (κ3) is 3.42. The van der Waals surface area contributed by atoms with Gasteiger partial charge < -0.3 is 20.1 Å². The van der Waals surface area contributed by atoms with Crippen molar-refractivity contribution >= 4 is 23.7 Å². The van der Waals surface area contributed by atoms with Crippen LogP contribution in [0.1, 0.15) is 27.6 Å². The van der Waals surface area contributed by atoms with Crippen molar-refractivity contribution in [3.05, 3.63) is 71.8 Å². The van der Waals surface area contributed by atoms with Crippen molar-refractivity contribution in [1.82, 2.24) is 0 Å². The molecule has 0 spiro atoms. The molecule has 0 bridgehead atoms. The predicted molar refractivity (Wildman–Crippen MR) is 91.3 cm³/mol. The molecule has 0 amide bonds. The van der Waals surface area contributed by atoms with E-state index in [4.69, 9.17) is 4.74 Å². The number of rotatable bonds is 7. The highest BCUT2D eigenvalue weighted by Crippen LogP contribution is 2.33. The smallest absolute Gasteiger partial charge is 0.360 e. The van der Waals surface area contributed by atoms with Crippen LogP contribution in [0.25, 0.3) is 0 Å². The number of aliphatic hydroxyl groups is 1. The highest BCUT2D eigenvalue weighted by Gasteiger charge is 2.67. The van der Waals surface area contributed by atoms with Crippen LogP contribution in [0.4, 0.5) is 0 Å². The molecule has 0 radical (unpaired) electrons. The predicted octanol–water partition coefficient (Wildman–Crippen LogP) is 1.39. The Morgan fingerprint density at radius 1 is 0.778 bits per heavy atom. The number of hydrogen-bond acceptors (Lipinski definition) is 6. The lowest BCUT2D eigenvalue weighted by Gasteiger charge is -2.36. The standard InChI is InChI=1S/C19H16O8/c1-18(26,16(22)23)19(17(24)25,14(20)12-8-4-2-5-9-12)27-15(21)13-10-6-3-7-11-13/h2-11,26H,1H3,(H,22,23)(H,24,25). The Kier molecular flexibility index (Phi) is 5.41. The summed E-state index contributed by atoms with van der Waals surface area (Å²) < 4.78 is 4.91. The Hall–Kier alpha value is -3.52. The number of aliphatic carboxylic acids is 2. The van der Waals surface area contributed by atoms with E-state index < -0.39 is 34.9 Å². The molecule has 140 valence electrons. The summed E-state index contributed by atoms with van der Waals surface area (Å²) in [7, 11) is 0. The van der Waals surface area contributed by atoms with Gasteiger partial charge in [-0.2, -0.15) is 0 Å². The van der Waals surface area contributed by atoms with Gasteiger partial charge in [0.25, 0.3) is 0 Å². The van der Waals surface area contributed by atoms with E-state index in [2.05, 4.69) is 0 Å². The Balaban J connectivity index is 2.66. The van der Waals surface area contributed by atoms with Crippen LogP contribution < -0.4 is 0 Å². The van der Waals surface area contributed by atoms with Crippen molar-refractivity contribution in [3.8, 4) is 0 Å². The minimum Gasteiger partial charge on any atom is -0.479 e. The second-order valence-electron chi connectivity index (χ2n) is 5.81. The lowest BCUT2D eigenvalue weighted by molar-refractivity contribution is -0.193. The maximum absolute atomic E-state index is 12.9. The van der Waals surface area contributed by atoms with Gasteiger partial charge in [0.2, 0.25) is 11.4 Å². The maximum Gasteiger partial charge on any atom is 0.360 e. The Morgan fingerprint density at radius 2 is 1.22 bits per heavy atom. The molecule has 2 atom stereocenters. The molecule has 0 heterocycles. The Morgan fingerprint density at radius 3 is 1.63 bits per heavy atom. The molecule has 2 rings (SSSR count). The van der Waals surface area contributed by atoms with Crippen LogP contribution in [-0.2, 0) is 14.3 Å². The van der Waals surface area contributed by atoms with Crippen molar-refractivity contribution in [1.29, 1.82) is 0 Å². The first-order chi connectivity index (χ1) is 12.6.